The molecule has 0 aliphatic rings. The van der Waals surface area contributed by atoms with Crippen molar-refractivity contribution in [1.82, 2.24) is 5.32 Å². The number of nitrogens with one attached hydrogen (secondary N) is 1. The predicted octanol–water partition coefficient (Wildman–Crippen LogP) is 13.6. The van der Waals surface area contributed by atoms with Crippen molar-refractivity contribution in [2.45, 2.75) is 238 Å². The van der Waals surface area contributed by atoms with E-state index in [4.69, 9.17) is 9.05 Å². The van der Waals surface area contributed by atoms with Crippen LogP contribution in [0.4, 0.5) is 0 Å². The fourth-order valence-corrected chi connectivity index (χ4v) is 7.95. The van der Waals surface area contributed by atoms with Crippen LogP contribution in [-0.2, 0) is 18.4 Å². The lowest BCUT2D eigenvalue weighted by atomic mass is 10.0. The molecular weight excluding hydrogens is 756 g/mol. The Labute approximate surface area is 366 Å². The maximum absolute atomic E-state index is 12.9. The standard InChI is InChI=1S/C50H97N2O6P/c1-6-8-10-12-14-16-18-20-22-24-25-26-28-29-31-33-35-37-39-41-43-49(53)48(47-58-59(55,56)57-46-45-52(3,4)5)51-50(54)44-42-40-38-36-34-32-30-27-23-21-19-17-15-13-11-9-7-2/h9,11,15,17,21,23,48-49,53H,6-8,10,12-14,16,18-20,22,24-47H2,1-5H3,(H-,51,54,55,56)/b11-9-,17-15-,23-21-. The number of hydrogen-bond donors (Lipinski definition) is 2. The van der Waals surface area contributed by atoms with Gasteiger partial charge in [0.1, 0.15) is 13.2 Å². The molecule has 0 aromatic heterocycles. The monoisotopic (exact) mass is 853 g/mol. The van der Waals surface area contributed by atoms with Crippen molar-refractivity contribution in [3.63, 3.8) is 0 Å². The molecule has 0 spiro atoms. The van der Waals surface area contributed by atoms with E-state index in [2.05, 4.69) is 55.6 Å². The maximum atomic E-state index is 12.9. The van der Waals surface area contributed by atoms with Gasteiger partial charge in [0.25, 0.3) is 7.82 Å². The fourth-order valence-electron chi connectivity index (χ4n) is 7.23. The number of allylic oxidation sites excluding steroid dienone is 6. The zero-order chi connectivity index (χ0) is 43.6. The summed E-state index contributed by atoms with van der Waals surface area (Å²) in [6, 6.07) is -0.805. The number of quaternary nitrogens is 1. The molecule has 8 nitrogen and oxygen atoms in total. The van der Waals surface area contributed by atoms with Crippen LogP contribution in [0.25, 0.3) is 0 Å². The average molecular weight is 853 g/mol. The van der Waals surface area contributed by atoms with Crippen LogP contribution in [0.2, 0.25) is 0 Å². The second kappa shape index (κ2) is 42.0. The fraction of sp³-hybridized carbons (Fsp3) is 0.860. The predicted molar refractivity (Wildman–Crippen MR) is 251 cm³/mol. The molecule has 3 unspecified atom stereocenters. The van der Waals surface area contributed by atoms with Gasteiger partial charge in [-0.15, -0.1) is 0 Å². The van der Waals surface area contributed by atoms with Gasteiger partial charge in [0, 0.05) is 6.42 Å². The molecule has 3 atom stereocenters. The molecule has 0 aliphatic carbocycles. The number of carbonyl (C=O) groups excluding carboxylic acids is 1. The van der Waals surface area contributed by atoms with E-state index in [9.17, 15) is 19.4 Å². The summed E-state index contributed by atoms with van der Waals surface area (Å²) in [5, 5.41) is 14.0. The van der Waals surface area contributed by atoms with Gasteiger partial charge in [-0.3, -0.25) is 9.36 Å². The summed E-state index contributed by atoms with van der Waals surface area (Å²) in [5.74, 6) is -0.174. The van der Waals surface area contributed by atoms with E-state index in [0.29, 0.717) is 23.9 Å². The van der Waals surface area contributed by atoms with E-state index in [1.807, 2.05) is 21.1 Å². The van der Waals surface area contributed by atoms with Crippen molar-refractivity contribution in [2.24, 2.45) is 0 Å². The molecule has 0 aromatic carbocycles. The first-order valence-electron chi connectivity index (χ1n) is 24.8. The molecule has 348 valence electrons. The Hall–Kier alpha value is -1.28. The Bertz CT molecular complexity index is 1060. The second-order valence-corrected chi connectivity index (χ2v) is 19.6. The lowest BCUT2D eigenvalue weighted by molar-refractivity contribution is -0.870. The maximum Gasteiger partial charge on any atom is 0.268 e. The summed E-state index contributed by atoms with van der Waals surface area (Å²) in [6.07, 6.45) is 51.5. The minimum Gasteiger partial charge on any atom is -0.756 e. The summed E-state index contributed by atoms with van der Waals surface area (Å²) >= 11 is 0. The minimum atomic E-state index is -4.57. The van der Waals surface area contributed by atoms with Crippen molar-refractivity contribution >= 4 is 13.7 Å². The van der Waals surface area contributed by atoms with Gasteiger partial charge in [-0.2, -0.15) is 0 Å². The van der Waals surface area contributed by atoms with Gasteiger partial charge in [0.2, 0.25) is 5.91 Å². The second-order valence-electron chi connectivity index (χ2n) is 18.1. The zero-order valence-corrected chi connectivity index (χ0v) is 40.4. The van der Waals surface area contributed by atoms with E-state index in [1.165, 1.54) is 135 Å². The Balaban J connectivity index is 4.29. The molecule has 59 heavy (non-hydrogen) atoms. The number of phosphoric acid groups is 1. The van der Waals surface area contributed by atoms with Crippen LogP contribution in [0.5, 0.6) is 0 Å². The molecule has 0 rings (SSSR count). The molecule has 0 saturated heterocycles. The van der Waals surface area contributed by atoms with E-state index in [0.717, 1.165) is 64.2 Å². The number of carbonyl (C=O) groups is 1. The van der Waals surface area contributed by atoms with E-state index in [1.54, 1.807) is 0 Å². The molecule has 0 bridgehead atoms. The quantitative estimate of drug-likeness (QED) is 0.0273. The number of hydrogen-bond acceptors (Lipinski definition) is 6. The van der Waals surface area contributed by atoms with Gasteiger partial charge in [-0.05, 0) is 44.9 Å². The number of likely N-dealkylation sites (N-methyl/N-ethyl adjacent to an activating group) is 1. The lowest BCUT2D eigenvalue weighted by Gasteiger charge is -2.30. The highest BCUT2D eigenvalue weighted by Gasteiger charge is 2.24. The normalized spacial score (nSPS) is 14.5. The largest absolute Gasteiger partial charge is 0.756 e. The summed E-state index contributed by atoms with van der Waals surface area (Å²) in [7, 11) is 1.30. The SMILES string of the molecule is CC/C=C\C/C=C\C/C=C\CCCCCCCCCC(=O)NC(COP(=O)([O-])OCC[N+](C)(C)C)C(O)CCCCCCCCCCCCCCCCCCCCCC. The Kier molecular flexibility index (Phi) is 41.1. The highest BCUT2D eigenvalue weighted by atomic mass is 31.2. The number of aliphatic hydroxyl groups is 1. The number of unbranched alkanes of at least 4 members (excludes halogenated alkanes) is 26. The average Bonchev–Trinajstić information content (AvgIpc) is 3.19. The number of phosphoric ester groups is 1. The summed E-state index contributed by atoms with van der Waals surface area (Å²) < 4.78 is 23.3. The number of aliphatic hydroxyl groups excluding tert-OH is 1. The first kappa shape index (κ1) is 57.7. The van der Waals surface area contributed by atoms with Gasteiger partial charge in [0.15, 0.2) is 0 Å². The van der Waals surface area contributed by atoms with Gasteiger partial charge in [-0.25, -0.2) is 0 Å². The van der Waals surface area contributed by atoms with Crippen molar-refractivity contribution in [3.05, 3.63) is 36.5 Å². The molecule has 0 heterocycles. The first-order valence-corrected chi connectivity index (χ1v) is 26.3. The number of rotatable bonds is 45. The zero-order valence-electron chi connectivity index (χ0n) is 39.5. The van der Waals surface area contributed by atoms with Crippen LogP contribution in [0.15, 0.2) is 36.5 Å². The van der Waals surface area contributed by atoms with Crippen LogP contribution in [-0.4, -0.2) is 68.5 Å². The van der Waals surface area contributed by atoms with Crippen molar-refractivity contribution in [2.75, 3.05) is 40.9 Å². The third kappa shape index (κ3) is 44.6. The number of amides is 1. The van der Waals surface area contributed by atoms with E-state index in [-0.39, 0.29) is 19.1 Å². The minimum absolute atomic E-state index is 0.00967. The Morgan fingerprint density at radius 1 is 0.610 bits per heavy atom. The van der Waals surface area contributed by atoms with Crippen molar-refractivity contribution in [3.8, 4) is 0 Å². The third-order valence-corrected chi connectivity index (χ3v) is 12.1. The summed E-state index contributed by atoms with van der Waals surface area (Å²) in [5.41, 5.74) is 0. The van der Waals surface area contributed by atoms with Crippen molar-refractivity contribution < 1.29 is 32.9 Å². The smallest absolute Gasteiger partial charge is 0.268 e. The first-order chi connectivity index (χ1) is 28.5. The van der Waals surface area contributed by atoms with Crippen LogP contribution in [0.3, 0.4) is 0 Å². The third-order valence-electron chi connectivity index (χ3n) is 11.1. The summed E-state index contributed by atoms with van der Waals surface area (Å²) in [6.45, 7) is 4.62. The number of nitrogens with zero attached hydrogens (tertiary/aromatic N) is 1. The van der Waals surface area contributed by atoms with Gasteiger partial charge >= 0.3 is 0 Å². The van der Waals surface area contributed by atoms with Gasteiger partial charge in [0.05, 0.1) is 39.9 Å². The summed E-state index contributed by atoms with van der Waals surface area (Å²) in [4.78, 5) is 25.4. The molecule has 0 radical (unpaired) electrons. The van der Waals surface area contributed by atoms with Crippen LogP contribution < -0.4 is 10.2 Å². The van der Waals surface area contributed by atoms with Crippen LogP contribution in [0, 0.1) is 0 Å². The van der Waals surface area contributed by atoms with Gasteiger partial charge < -0.3 is 28.8 Å². The highest BCUT2D eigenvalue weighted by Crippen LogP contribution is 2.38. The Morgan fingerprint density at radius 2 is 1.03 bits per heavy atom. The molecule has 0 aromatic rings. The van der Waals surface area contributed by atoms with Gasteiger partial charge in [-0.1, -0.05) is 211 Å². The molecular formula is C50H97N2O6P. The van der Waals surface area contributed by atoms with Crippen molar-refractivity contribution in [1.29, 1.82) is 0 Å². The molecule has 9 heteroatoms. The molecule has 0 saturated carbocycles. The molecule has 1 amide bonds. The molecule has 0 aliphatic heterocycles. The highest BCUT2D eigenvalue weighted by molar-refractivity contribution is 7.45. The lowest BCUT2D eigenvalue weighted by Crippen LogP contribution is -2.46. The van der Waals surface area contributed by atoms with Crippen LogP contribution in [0.1, 0.15) is 226 Å². The Morgan fingerprint density at radius 3 is 1.51 bits per heavy atom. The molecule has 2 N–H and O–H groups in total. The molecule has 0 fully saturated rings. The topological polar surface area (TPSA) is 108 Å². The van der Waals surface area contributed by atoms with Crippen LogP contribution >= 0.6 is 7.82 Å². The van der Waals surface area contributed by atoms with E-state index >= 15 is 0 Å². The van der Waals surface area contributed by atoms with E-state index < -0.39 is 20.0 Å².